The fourth-order valence-corrected chi connectivity index (χ4v) is 3.28. The predicted octanol–water partition coefficient (Wildman–Crippen LogP) is 3.44. The van der Waals surface area contributed by atoms with Crippen molar-refractivity contribution in [2.24, 2.45) is 4.99 Å². The monoisotopic (exact) mass is 320 g/mol. The van der Waals surface area contributed by atoms with E-state index in [0.717, 1.165) is 9.80 Å². The summed E-state index contributed by atoms with van der Waals surface area (Å²) in [5, 5.41) is 3.81. The van der Waals surface area contributed by atoms with Gasteiger partial charge in [0.2, 0.25) is 0 Å². The van der Waals surface area contributed by atoms with E-state index in [0.29, 0.717) is 26.8 Å². The maximum absolute atomic E-state index is 8.56. The minimum atomic E-state index is -2.63. The minimum absolute atomic E-state index is 0.0167. The van der Waals surface area contributed by atoms with Crippen LogP contribution in [0.15, 0.2) is 35.3 Å². The Hall–Kier alpha value is -1.85. The quantitative estimate of drug-likeness (QED) is 0.807. The van der Waals surface area contributed by atoms with Gasteiger partial charge in [-0.2, -0.15) is 0 Å². The highest BCUT2D eigenvalue weighted by molar-refractivity contribution is 7.16. The van der Waals surface area contributed by atoms with Gasteiger partial charge in [0, 0.05) is 35.1 Å². The van der Waals surface area contributed by atoms with Crippen LogP contribution in [0.4, 0.5) is 16.4 Å². The lowest BCUT2D eigenvalue weighted by molar-refractivity contribution is 0.216. The number of nitrogens with one attached hydrogen (secondary N) is 1. The summed E-state index contributed by atoms with van der Waals surface area (Å²) in [5.74, 6) is -0.0167. The molecular weight excluding hydrogens is 292 g/mol. The third kappa shape index (κ3) is 2.40. The molecule has 0 atom stereocenters. The van der Waals surface area contributed by atoms with Crippen molar-refractivity contribution in [2.45, 2.75) is 6.92 Å². The van der Waals surface area contributed by atoms with E-state index in [4.69, 9.17) is 11.0 Å². The average molecular weight is 320 g/mol. The molecule has 2 aliphatic heterocycles. The number of anilines is 2. The van der Waals surface area contributed by atoms with Crippen LogP contribution < -0.4 is 5.32 Å². The Kier molecular flexibility index (Phi) is 1.87. The van der Waals surface area contributed by atoms with Crippen LogP contribution in [0.5, 0.6) is 0 Å². The molecule has 3 heterocycles. The molecule has 114 valence electrons. The number of aryl methyl sites for hydroxylation is 1. The third-order valence-corrected chi connectivity index (χ3v) is 4.36. The molecule has 0 bridgehead atoms. The van der Waals surface area contributed by atoms with E-state index in [-0.39, 0.29) is 11.9 Å². The minimum Gasteiger partial charge on any atom is -0.353 e. The molecule has 4 nitrogen and oxygen atoms in total. The molecule has 2 aromatic rings. The maximum Gasteiger partial charge on any atom is 0.139 e. The normalized spacial score (nSPS) is 28.6. The Balaban J connectivity index is 1.93. The summed E-state index contributed by atoms with van der Waals surface area (Å²) in [4.78, 5) is 6.99. The van der Waals surface area contributed by atoms with Crippen molar-refractivity contribution in [3.05, 3.63) is 40.7 Å². The van der Waals surface area contributed by atoms with Crippen molar-refractivity contribution < 1.29 is 11.0 Å². The zero-order chi connectivity index (χ0) is 22.1. The molecule has 0 saturated carbocycles. The predicted molar refractivity (Wildman–Crippen MR) is 94.0 cm³/mol. The first-order valence-electron chi connectivity index (χ1n) is 10.9. The summed E-state index contributed by atoms with van der Waals surface area (Å²) < 4.78 is 65.6. The first-order chi connectivity index (χ1) is 13.8. The summed E-state index contributed by atoms with van der Waals surface area (Å²) in [6, 6.07) is 7.25. The van der Waals surface area contributed by atoms with E-state index in [1.165, 1.54) is 11.3 Å². The van der Waals surface area contributed by atoms with Gasteiger partial charge in [0.25, 0.3) is 0 Å². The lowest BCUT2D eigenvalue weighted by Crippen LogP contribution is -2.47. The molecule has 0 spiro atoms. The number of benzene rings is 1. The fourth-order valence-electron chi connectivity index (χ4n) is 2.41. The van der Waals surface area contributed by atoms with E-state index in [2.05, 4.69) is 10.3 Å². The highest BCUT2D eigenvalue weighted by atomic mass is 32.1. The summed E-state index contributed by atoms with van der Waals surface area (Å²) >= 11 is 1.32. The second kappa shape index (κ2) is 5.41. The standard InChI is InChI=1S/C17H20N4S/c1-12-11-13-16(21-9-7-20(2)8-10-21)18-14-5-3-4-6-15(14)19-17(13)22-12/h3-6,11,19H,7-10H2,1-2H3/i2D3,9D2,10D2,11D. The van der Waals surface area contributed by atoms with Crippen molar-refractivity contribution in [1.29, 1.82) is 0 Å². The lowest BCUT2D eigenvalue weighted by Gasteiger charge is -2.34. The van der Waals surface area contributed by atoms with E-state index >= 15 is 0 Å². The molecule has 22 heavy (non-hydrogen) atoms. The summed E-state index contributed by atoms with van der Waals surface area (Å²) in [7, 11) is 0. The second-order valence-electron chi connectivity index (χ2n) is 5.07. The highest BCUT2D eigenvalue weighted by Crippen LogP contribution is 2.39. The molecule has 4 rings (SSSR count). The number of nitrogens with zero attached hydrogens (tertiary/aromatic N) is 3. The third-order valence-electron chi connectivity index (χ3n) is 3.44. The molecule has 1 fully saturated rings. The molecular formula is C17H20N4S. The summed E-state index contributed by atoms with van der Waals surface area (Å²) in [6.45, 7) is -6.67. The molecule has 1 saturated heterocycles. The molecule has 1 N–H and O–H groups in total. The average Bonchev–Trinajstić information content (AvgIpc) is 2.78. The van der Waals surface area contributed by atoms with E-state index < -0.39 is 33.1 Å². The van der Waals surface area contributed by atoms with Crippen LogP contribution in [0.1, 0.15) is 21.4 Å². The van der Waals surface area contributed by atoms with Crippen LogP contribution in [0.3, 0.4) is 0 Å². The van der Waals surface area contributed by atoms with Crippen LogP contribution in [0.2, 0.25) is 0 Å². The first-order valence-corrected chi connectivity index (χ1v) is 7.73. The van der Waals surface area contributed by atoms with Crippen molar-refractivity contribution in [3.63, 3.8) is 0 Å². The second-order valence-corrected chi connectivity index (χ2v) is 6.30. The summed E-state index contributed by atoms with van der Waals surface area (Å²) in [5.41, 5.74) is 1.46. The summed E-state index contributed by atoms with van der Waals surface area (Å²) in [6.07, 6.45) is 0. The number of likely N-dealkylation sites (N-methyl/N-ethyl adjacent to an activating group) is 1. The highest BCUT2D eigenvalue weighted by Gasteiger charge is 2.25. The molecule has 1 aromatic carbocycles. The smallest absolute Gasteiger partial charge is 0.139 e. The Morgan fingerprint density at radius 3 is 3.00 bits per heavy atom. The van der Waals surface area contributed by atoms with Gasteiger partial charge in [-0.3, -0.25) is 0 Å². The van der Waals surface area contributed by atoms with Gasteiger partial charge in [-0.1, -0.05) is 12.1 Å². The van der Waals surface area contributed by atoms with Gasteiger partial charge in [0.1, 0.15) is 10.8 Å². The lowest BCUT2D eigenvalue weighted by atomic mass is 10.2. The van der Waals surface area contributed by atoms with Crippen molar-refractivity contribution in [3.8, 4) is 0 Å². The zero-order valence-corrected chi connectivity index (χ0v) is 12.8. The topological polar surface area (TPSA) is 30.9 Å². The molecule has 0 amide bonds. The molecule has 1 aromatic heterocycles. The van der Waals surface area contributed by atoms with Gasteiger partial charge in [0.15, 0.2) is 0 Å². The zero-order valence-electron chi connectivity index (χ0n) is 20.0. The number of thiophene rings is 1. The van der Waals surface area contributed by atoms with Gasteiger partial charge < -0.3 is 15.1 Å². The Morgan fingerprint density at radius 2 is 2.18 bits per heavy atom. The maximum atomic E-state index is 8.56. The largest absolute Gasteiger partial charge is 0.353 e. The fraction of sp³-hybridized carbons (Fsp3) is 0.353. The Morgan fingerprint density at radius 1 is 1.36 bits per heavy atom. The van der Waals surface area contributed by atoms with Gasteiger partial charge in [0.05, 0.1) is 23.8 Å². The van der Waals surface area contributed by atoms with Crippen LogP contribution in [-0.4, -0.2) is 48.7 Å². The van der Waals surface area contributed by atoms with Gasteiger partial charge in [-0.25, -0.2) is 4.99 Å². The first kappa shape index (κ1) is 7.62. The number of hydrogen-bond acceptors (Lipinski definition) is 5. The Labute approximate surface area is 146 Å². The number of para-hydroxylation sites is 2. The van der Waals surface area contributed by atoms with E-state index in [9.17, 15) is 0 Å². The van der Waals surface area contributed by atoms with E-state index in [1.54, 1.807) is 25.1 Å². The van der Waals surface area contributed by atoms with Crippen molar-refractivity contribution in [1.82, 2.24) is 9.80 Å². The van der Waals surface area contributed by atoms with E-state index in [1.807, 2.05) is 6.07 Å². The number of rotatable bonds is 0. The van der Waals surface area contributed by atoms with Crippen molar-refractivity contribution in [2.75, 3.05) is 38.4 Å². The Bertz CT molecular complexity index is 1010. The molecule has 2 aliphatic rings. The van der Waals surface area contributed by atoms with Gasteiger partial charge >= 0.3 is 0 Å². The SMILES string of the molecule is [2H]c1c(C)sc2c1C(N1C([2H])([2H])CN(C([2H])([2H])[2H])CC1([2H])[2H])=Nc1ccccc1N2. The van der Waals surface area contributed by atoms with Crippen LogP contribution >= 0.6 is 11.3 Å². The van der Waals surface area contributed by atoms with Gasteiger partial charge in [-0.15, -0.1) is 11.3 Å². The van der Waals surface area contributed by atoms with Crippen LogP contribution in [0.25, 0.3) is 0 Å². The molecule has 0 aliphatic carbocycles. The molecule has 0 radical (unpaired) electrons. The van der Waals surface area contributed by atoms with Crippen LogP contribution in [0, 0.1) is 6.92 Å². The molecule has 0 unspecified atom stereocenters. The number of amidine groups is 1. The van der Waals surface area contributed by atoms with Gasteiger partial charge in [-0.05, 0) is 32.1 Å². The number of aliphatic imine (C=N–C) groups is 1. The van der Waals surface area contributed by atoms with Crippen molar-refractivity contribution >= 4 is 33.5 Å². The number of fused-ring (bicyclic) bond motifs is 2. The van der Waals surface area contributed by atoms with Crippen LogP contribution in [-0.2, 0) is 0 Å². The number of piperazine rings is 1. The molecule has 5 heteroatoms. The number of hydrogen-bond donors (Lipinski definition) is 1.